The fraction of sp³-hybridized carbons (Fsp3) is 0.231. The van der Waals surface area contributed by atoms with Gasteiger partial charge in [-0.25, -0.2) is 4.98 Å². The first-order valence-corrected chi connectivity index (χ1v) is 6.46. The maximum atomic E-state index is 11.5. The number of nitrogens with zero attached hydrogens (tertiary/aromatic N) is 1. The maximum absolute atomic E-state index is 11.5. The van der Waals surface area contributed by atoms with Crippen molar-refractivity contribution >= 4 is 22.9 Å². The van der Waals surface area contributed by atoms with E-state index in [2.05, 4.69) is 10.3 Å². The van der Waals surface area contributed by atoms with Gasteiger partial charge in [0.1, 0.15) is 5.01 Å². The van der Waals surface area contributed by atoms with Gasteiger partial charge in [-0.15, -0.1) is 11.3 Å². The fourth-order valence-electron chi connectivity index (χ4n) is 1.48. The van der Waals surface area contributed by atoms with E-state index in [0.29, 0.717) is 13.0 Å². The smallest absolute Gasteiger partial charge is 0.226 e. The number of ether oxygens (including phenoxy) is 1. The number of methoxy groups -OCH3 is 1. The molecule has 0 aliphatic heterocycles. The van der Waals surface area contributed by atoms with E-state index in [4.69, 9.17) is 4.74 Å². The molecule has 1 amide bonds. The van der Waals surface area contributed by atoms with E-state index in [1.165, 1.54) is 0 Å². The van der Waals surface area contributed by atoms with Crippen LogP contribution in [-0.2, 0) is 9.53 Å². The number of carbonyl (C=O) groups excluding carboxylic acids is 1. The summed E-state index contributed by atoms with van der Waals surface area (Å²) < 4.78 is 4.85. The largest absolute Gasteiger partial charge is 0.384 e. The molecule has 2 rings (SSSR count). The van der Waals surface area contributed by atoms with Crippen LogP contribution in [0.2, 0.25) is 0 Å². The summed E-state index contributed by atoms with van der Waals surface area (Å²) >= 11 is 1.59. The molecule has 0 radical (unpaired) electrons. The number of aromatic nitrogens is 1. The Bertz CT molecular complexity index is 494. The zero-order valence-corrected chi connectivity index (χ0v) is 10.9. The van der Waals surface area contributed by atoms with Gasteiger partial charge in [-0.1, -0.05) is 0 Å². The van der Waals surface area contributed by atoms with Crippen LogP contribution >= 0.6 is 11.3 Å². The van der Waals surface area contributed by atoms with Gasteiger partial charge in [-0.2, -0.15) is 0 Å². The van der Waals surface area contributed by atoms with E-state index in [9.17, 15) is 4.79 Å². The monoisotopic (exact) mass is 262 g/mol. The van der Waals surface area contributed by atoms with E-state index in [-0.39, 0.29) is 5.91 Å². The zero-order chi connectivity index (χ0) is 12.8. The summed E-state index contributed by atoms with van der Waals surface area (Å²) in [5.41, 5.74) is 1.84. The Morgan fingerprint density at radius 2 is 2.17 bits per heavy atom. The number of nitrogens with one attached hydrogen (secondary N) is 1. The third-order valence-corrected chi connectivity index (χ3v) is 3.20. The molecule has 2 aromatic rings. The van der Waals surface area contributed by atoms with Gasteiger partial charge in [-0.05, 0) is 24.3 Å². The van der Waals surface area contributed by atoms with Gasteiger partial charge < -0.3 is 10.1 Å². The lowest BCUT2D eigenvalue weighted by Crippen LogP contribution is -2.13. The lowest BCUT2D eigenvalue weighted by Gasteiger charge is -2.05. The molecule has 0 saturated heterocycles. The molecular formula is C13H14N2O2S. The molecule has 94 valence electrons. The molecule has 0 unspecified atom stereocenters. The number of amides is 1. The highest BCUT2D eigenvalue weighted by atomic mass is 32.1. The molecule has 1 aromatic heterocycles. The third-order valence-electron chi connectivity index (χ3n) is 2.38. The Labute approximate surface area is 110 Å². The standard InChI is InChI=1S/C13H14N2O2S/c1-17-8-6-12(16)15-11-4-2-10(3-5-11)13-14-7-9-18-13/h2-5,7,9H,6,8H2,1H3,(H,15,16). The molecule has 0 aliphatic carbocycles. The fourth-order valence-corrected chi connectivity index (χ4v) is 2.12. The van der Waals surface area contributed by atoms with Gasteiger partial charge in [0.2, 0.25) is 5.91 Å². The van der Waals surface area contributed by atoms with Crippen molar-refractivity contribution in [1.29, 1.82) is 0 Å². The van der Waals surface area contributed by atoms with Gasteiger partial charge in [0, 0.05) is 29.9 Å². The van der Waals surface area contributed by atoms with Crippen LogP contribution in [0.3, 0.4) is 0 Å². The van der Waals surface area contributed by atoms with Gasteiger partial charge in [0.15, 0.2) is 0 Å². The quantitative estimate of drug-likeness (QED) is 0.901. The Morgan fingerprint density at radius 1 is 1.39 bits per heavy atom. The molecule has 4 nitrogen and oxygen atoms in total. The van der Waals surface area contributed by atoms with Crippen LogP contribution in [0.1, 0.15) is 6.42 Å². The molecule has 0 saturated carbocycles. The molecule has 1 aromatic carbocycles. The molecular weight excluding hydrogens is 248 g/mol. The number of rotatable bonds is 5. The minimum absolute atomic E-state index is 0.0427. The summed E-state index contributed by atoms with van der Waals surface area (Å²) in [6, 6.07) is 7.65. The molecule has 5 heteroatoms. The lowest BCUT2D eigenvalue weighted by atomic mass is 10.2. The lowest BCUT2D eigenvalue weighted by molar-refractivity contribution is -0.117. The molecule has 0 aliphatic rings. The Morgan fingerprint density at radius 3 is 2.78 bits per heavy atom. The summed E-state index contributed by atoms with van der Waals surface area (Å²) in [4.78, 5) is 15.7. The van der Waals surface area contributed by atoms with E-state index in [1.807, 2.05) is 29.6 Å². The number of hydrogen-bond donors (Lipinski definition) is 1. The SMILES string of the molecule is COCCC(=O)Nc1ccc(-c2nccs2)cc1. The topological polar surface area (TPSA) is 51.2 Å². The van der Waals surface area contributed by atoms with Crippen molar-refractivity contribution in [3.8, 4) is 10.6 Å². The Hall–Kier alpha value is -1.72. The van der Waals surface area contributed by atoms with Crippen molar-refractivity contribution in [2.75, 3.05) is 19.0 Å². The highest BCUT2D eigenvalue weighted by Gasteiger charge is 2.03. The van der Waals surface area contributed by atoms with Crippen molar-refractivity contribution in [3.63, 3.8) is 0 Å². The summed E-state index contributed by atoms with van der Waals surface area (Å²) in [6.45, 7) is 0.434. The highest BCUT2D eigenvalue weighted by molar-refractivity contribution is 7.13. The predicted molar refractivity (Wildman–Crippen MR) is 72.7 cm³/mol. The summed E-state index contributed by atoms with van der Waals surface area (Å²) in [5, 5.41) is 5.73. The summed E-state index contributed by atoms with van der Waals surface area (Å²) in [7, 11) is 1.58. The van der Waals surface area contributed by atoms with Crippen molar-refractivity contribution in [3.05, 3.63) is 35.8 Å². The average Bonchev–Trinajstić information content (AvgIpc) is 2.91. The zero-order valence-electron chi connectivity index (χ0n) is 10.1. The third kappa shape index (κ3) is 3.38. The van der Waals surface area contributed by atoms with E-state index in [0.717, 1.165) is 16.3 Å². The normalized spacial score (nSPS) is 10.3. The first-order chi connectivity index (χ1) is 8.79. The Balaban J connectivity index is 1.98. The first-order valence-electron chi connectivity index (χ1n) is 5.58. The van der Waals surface area contributed by atoms with Crippen molar-refractivity contribution in [2.45, 2.75) is 6.42 Å². The van der Waals surface area contributed by atoms with Crippen molar-refractivity contribution < 1.29 is 9.53 Å². The maximum Gasteiger partial charge on any atom is 0.226 e. The van der Waals surface area contributed by atoms with E-state index in [1.54, 1.807) is 24.6 Å². The number of thiazole rings is 1. The van der Waals surface area contributed by atoms with Crippen molar-refractivity contribution in [1.82, 2.24) is 4.98 Å². The van der Waals surface area contributed by atoms with Gasteiger partial charge >= 0.3 is 0 Å². The molecule has 18 heavy (non-hydrogen) atoms. The summed E-state index contributed by atoms with van der Waals surface area (Å²) in [6.07, 6.45) is 2.14. The second kappa shape index (κ2) is 6.28. The second-order valence-electron chi connectivity index (χ2n) is 3.71. The minimum atomic E-state index is -0.0427. The van der Waals surface area contributed by atoms with Crippen molar-refractivity contribution in [2.24, 2.45) is 0 Å². The molecule has 1 heterocycles. The molecule has 0 bridgehead atoms. The molecule has 1 N–H and O–H groups in total. The van der Waals surface area contributed by atoms with E-state index < -0.39 is 0 Å². The molecule has 0 atom stereocenters. The summed E-state index contributed by atoms with van der Waals surface area (Å²) in [5.74, 6) is -0.0427. The number of carbonyl (C=O) groups is 1. The first kappa shape index (κ1) is 12.7. The Kier molecular flexibility index (Phi) is 4.44. The predicted octanol–water partition coefficient (Wildman–Crippen LogP) is 2.79. The van der Waals surface area contributed by atoms with Gasteiger partial charge in [0.05, 0.1) is 13.0 Å². The van der Waals surface area contributed by atoms with Crippen LogP contribution in [0.25, 0.3) is 10.6 Å². The minimum Gasteiger partial charge on any atom is -0.384 e. The van der Waals surface area contributed by atoms with Crippen LogP contribution in [0.5, 0.6) is 0 Å². The molecule has 0 spiro atoms. The number of benzene rings is 1. The van der Waals surface area contributed by atoms with Crippen LogP contribution in [0.4, 0.5) is 5.69 Å². The number of hydrogen-bond acceptors (Lipinski definition) is 4. The van der Waals surface area contributed by atoms with Gasteiger partial charge in [-0.3, -0.25) is 4.79 Å². The van der Waals surface area contributed by atoms with Crippen LogP contribution in [-0.4, -0.2) is 24.6 Å². The van der Waals surface area contributed by atoms with Gasteiger partial charge in [0.25, 0.3) is 0 Å². The average molecular weight is 262 g/mol. The van der Waals surface area contributed by atoms with Crippen LogP contribution < -0.4 is 5.32 Å². The van der Waals surface area contributed by atoms with Crippen LogP contribution in [0, 0.1) is 0 Å². The van der Waals surface area contributed by atoms with E-state index >= 15 is 0 Å². The second-order valence-corrected chi connectivity index (χ2v) is 4.60. The highest BCUT2D eigenvalue weighted by Crippen LogP contribution is 2.23. The number of anilines is 1. The molecule has 0 fully saturated rings. The van der Waals surface area contributed by atoms with Crippen LogP contribution in [0.15, 0.2) is 35.8 Å².